The fourth-order valence-electron chi connectivity index (χ4n) is 1.84. The second-order valence-corrected chi connectivity index (χ2v) is 7.27. The molecule has 9 heteroatoms. The second-order valence-electron chi connectivity index (χ2n) is 4.97. The average Bonchev–Trinajstić information content (AvgIpc) is 2.98. The molecule has 1 N–H and O–H groups in total. The standard InChI is InChI=1S/C15H17F3N2O2S2/c1-2-10-4-3-5-11(22-10)9-23-13-8-19-14(24-13)20-12(21)6-7-15(16,17)18/h4-5,8H,2-3,6-7,9H2,1H3,(H,19,20,21). The number of hydrogen-bond acceptors (Lipinski definition) is 5. The van der Waals surface area contributed by atoms with E-state index >= 15 is 0 Å². The summed E-state index contributed by atoms with van der Waals surface area (Å²) in [6, 6.07) is 0. The van der Waals surface area contributed by atoms with Gasteiger partial charge in [0, 0.05) is 12.8 Å². The normalized spacial score (nSPS) is 14.7. The van der Waals surface area contributed by atoms with Crippen LogP contribution in [0.15, 0.2) is 34.1 Å². The van der Waals surface area contributed by atoms with Gasteiger partial charge in [-0.2, -0.15) is 13.2 Å². The molecular weight excluding hydrogens is 361 g/mol. The van der Waals surface area contributed by atoms with Gasteiger partial charge in [0.2, 0.25) is 5.91 Å². The van der Waals surface area contributed by atoms with Crippen molar-refractivity contribution < 1.29 is 22.7 Å². The molecule has 0 unspecified atom stereocenters. The van der Waals surface area contributed by atoms with Gasteiger partial charge in [0.15, 0.2) is 5.13 Å². The van der Waals surface area contributed by atoms with Gasteiger partial charge in [-0.1, -0.05) is 18.3 Å². The number of carbonyl (C=O) groups excluding carboxylic acids is 1. The second kappa shape index (κ2) is 8.57. The van der Waals surface area contributed by atoms with Crippen molar-refractivity contribution in [3.8, 4) is 0 Å². The number of hydrogen-bond donors (Lipinski definition) is 1. The van der Waals surface area contributed by atoms with E-state index in [-0.39, 0.29) is 0 Å². The summed E-state index contributed by atoms with van der Waals surface area (Å²) in [5.41, 5.74) is 0. The van der Waals surface area contributed by atoms with Gasteiger partial charge in [-0.3, -0.25) is 4.79 Å². The molecule has 2 rings (SSSR count). The molecule has 4 nitrogen and oxygen atoms in total. The zero-order valence-corrected chi connectivity index (χ0v) is 14.6. The molecule has 1 aromatic heterocycles. The minimum Gasteiger partial charge on any atom is -0.466 e. The first kappa shape index (κ1) is 18.9. The van der Waals surface area contributed by atoms with Crippen LogP contribution in [0.1, 0.15) is 32.6 Å². The highest BCUT2D eigenvalue weighted by atomic mass is 32.2. The van der Waals surface area contributed by atoms with E-state index < -0.39 is 24.9 Å². The first-order chi connectivity index (χ1) is 11.4. The number of anilines is 1. The highest BCUT2D eigenvalue weighted by Crippen LogP contribution is 2.31. The monoisotopic (exact) mass is 378 g/mol. The van der Waals surface area contributed by atoms with Crippen molar-refractivity contribution in [2.75, 3.05) is 11.1 Å². The van der Waals surface area contributed by atoms with E-state index in [4.69, 9.17) is 4.74 Å². The Morgan fingerprint density at radius 1 is 1.42 bits per heavy atom. The molecule has 1 aromatic rings. The lowest BCUT2D eigenvalue weighted by Crippen LogP contribution is -2.16. The van der Waals surface area contributed by atoms with Crippen molar-refractivity contribution >= 4 is 34.1 Å². The summed E-state index contributed by atoms with van der Waals surface area (Å²) in [6.07, 6.45) is 1.26. The number of alkyl halides is 3. The fourth-order valence-corrected chi connectivity index (χ4v) is 3.65. The molecule has 0 fully saturated rings. The molecule has 0 saturated heterocycles. The lowest BCUT2D eigenvalue weighted by Gasteiger charge is -2.15. The maximum absolute atomic E-state index is 12.1. The number of aromatic nitrogens is 1. The molecular formula is C15H17F3N2O2S2. The summed E-state index contributed by atoms with van der Waals surface area (Å²) in [7, 11) is 0. The molecule has 132 valence electrons. The molecule has 0 atom stereocenters. The number of amides is 1. The SMILES string of the molecule is CCC1=CCC=C(CSc2cnc(NC(=O)CCC(F)(F)F)s2)O1. The average molecular weight is 378 g/mol. The van der Waals surface area contributed by atoms with Gasteiger partial charge in [0.05, 0.1) is 28.3 Å². The van der Waals surface area contributed by atoms with Crippen LogP contribution in [-0.4, -0.2) is 22.8 Å². The third kappa shape index (κ3) is 6.56. The number of ether oxygens (including phenoxy) is 1. The topological polar surface area (TPSA) is 51.2 Å². The Morgan fingerprint density at radius 2 is 2.17 bits per heavy atom. The van der Waals surface area contributed by atoms with Crippen molar-refractivity contribution in [3.05, 3.63) is 29.9 Å². The Hall–Kier alpha value is -1.48. The van der Waals surface area contributed by atoms with E-state index in [1.165, 1.54) is 23.1 Å². The van der Waals surface area contributed by atoms with E-state index in [1.54, 1.807) is 6.20 Å². The molecule has 0 bridgehead atoms. The van der Waals surface area contributed by atoms with Gasteiger partial charge >= 0.3 is 6.18 Å². The molecule has 1 aliphatic heterocycles. The van der Waals surface area contributed by atoms with E-state index in [2.05, 4.69) is 10.3 Å². The number of nitrogens with one attached hydrogen (secondary N) is 1. The van der Waals surface area contributed by atoms with Crippen molar-refractivity contribution in [1.82, 2.24) is 4.98 Å². The fraction of sp³-hybridized carbons (Fsp3) is 0.467. The molecule has 0 aromatic carbocycles. The van der Waals surface area contributed by atoms with E-state index in [1.807, 2.05) is 19.1 Å². The van der Waals surface area contributed by atoms with Gasteiger partial charge in [-0.25, -0.2) is 4.98 Å². The summed E-state index contributed by atoms with van der Waals surface area (Å²) in [4.78, 5) is 15.5. The maximum atomic E-state index is 12.1. The van der Waals surface area contributed by atoms with Crippen LogP contribution in [0.4, 0.5) is 18.3 Å². The van der Waals surface area contributed by atoms with Crippen LogP contribution < -0.4 is 5.32 Å². The van der Waals surface area contributed by atoms with Crippen molar-refractivity contribution in [1.29, 1.82) is 0 Å². The quantitative estimate of drug-likeness (QED) is 0.670. The first-order valence-corrected chi connectivity index (χ1v) is 9.17. The molecule has 1 amide bonds. The Labute approximate surface area is 146 Å². The van der Waals surface area contributed by atoms with Gasteiger partial charge in [0.25, 0.3) is 0 Å². The summed E-state index contributed by atoms with van der Waals surface area (Å²) < 4.78 is 42.8. The maximum Gasteiger partial charge on any atom is 0.389 e. The van der Waals surface area contributed by atoms with Crippen molar-refractivity contribution in [2.45, 2.75) is 43.0 Å². The molecule has 0 saturated carbocycles. The third-order valence-electron chi connectivity index (χ3n) is 3.02. The van der Waals surface area contributed by atoms with E-state index in [9.17, 15) is 18.0 Å². The molecule has 24 heavy (non-hydrogen) atoms. The predicted octanol–water partition coefficient (Wildman–Crippen LogP) is 5.11. The summed E-state index contributed by atoms with van der Waals surface area (Å²) in [5.74, 6) is 1.79. The Morgan fingerprint density at radius 3 is 2.88 bits per heavy atom. The van der Waals surface area contributed by atoms with Crippen molar-refractivity contribution in [3.63, 3.8) is 0 Å². The van der Waals surface area contributed by atoms with Crippen LogP contribution in [0, 0.1) is 0 Å². The number of nitrogens with zero attached hydrogens (tertiary/aromatic N) is 1. The number of thiazole rings is 1. The Kier molecular flexibility index (Phi) is 6.73. The largest absolute Gasteiger partial charge is 0.466 e. The summed E-state index contributed by atoms with van der Waals surface area (Å²) in [6.45, 7) is 2.03. The van der Waals surface area contributed by atoms with Crippen LogP contribution in [0.5, 0.6) is 0 Å². The number of thioether (sulfide) groups is 1. The summed E-state index contributed by atoms with van der Waals surface area (Å²) >= 11 is 2.74. The lowest BCUT2D eigenvalue weighted by atomic mass is 10.2. The van der Waals surface area contributed by atoms with Crippen LogP contribution in [-0.2, 0) is 9.53 Å². The molecule has 0 aliphatic carbocycles. The number of allylic oxidation sites excluding steroid dienone is 3. The van der Waals surface area contributed by atoms with Gasteiger partial charge in [-0.15, -0.1) is 11.8 Å². The highest BCUT2D eigenvalue weighted by Gasteiger charge is 2.28. The number of carbonyl (C=O) groups is 1. The van der Waals surface area contributed by atoms with Crippen LogP contribution >= 0.6 is 23.1 Å². The third-order valence-corrected chi connectivity index (χ3v) is 5.15. The smallest absolute Gasteiger partial charge is 0.389 e. The number of halogens is 3. The van der Waals surface area contributed by atoms with Gasteiger partial charge in [0.1, 0.15) is 5.76 Å². The Balaban J connectivity index is 1.77. The Bertz CT molecular complexity index is 639. The van der Waals surface area contributed by atoms with Crippen LogP contribution in [0.25, 0.3) is 0 Å². The van der Waals surface area contributed by atoms with E-state index in [0.717, 1.165) is 28.6 Å². The summed E-state index contributed by atoms with van der Waals surface area (Å²) in [5, 5.41) is 2.69. The molecule has 1 aliphatic rings. The first-order valence-electron chi connectivity index (χ1n) is 7.37. The lowest BCUT2D eigenvalue weighted by molar-refractivity contribution is -0.142. The van der Waals surface area contributed by atoms with Crippen LogP contribution in [0.3, 0.4) is 0 Å². The van der Waals surface area contributed by atoms with E-state index in [0.29, 0.717) is 10.9 Å². The predicted molar refractivity (Wildman–Crippen MR) is 88.9 cm³/mol. The minimum atomic E-state index is -4.33. The van der Waals surface area contributed by atoms with Crippen LogP contribution in [0.2, 0.25) is 0 Å². The zero-order chi connectivity index (χ0) is 17.6. The molecule has 2 heterocycles. The van der Waals surface area contributed by atoms with Gasteiger partial charge in [-0.05, 0) is 18.6 Å². The molecule has 0 spiro atoms. The molecule has 0 radical (unpaired) electrons. The zero-order valence-electron chi connectivity index (χ0n) is 13.0. The van der Waals surface area contributed by atoms with Crippen molar-refractivity contribution in [2.24, 2.45) is 0 Å². The highest BCUT2D eigenvalue weighted by molar-refractivity contribution is 8.01. The minimum absolute atomic E-state index is 0.303. The van der Waals surface area contributed by atoms with Gasteiger partial charge < -0.3 is 10.1 Å². The number of rotatable bonds is 7.